The van der Waals surface area contributed by atoms with Gasteiger partial charge in [0.1, 0.15) is 5.41 Å². The molecule has 0 radical (unpaired) electrons. The molecule has 132 valence electrons. The second kappa shape index (κ2) is 5.34. The molecule has 5 atom stereocenters. The van der Waals surface area contributed by atoms with Crippen LogP contribution in [0.5, 0.6) is 0 Å². The Bertz CT molecular complexity index is 842. The Hall–Kier alpha value is -1.81. The maximum Gasteiger partial charge on any atom is 0.319 e. The van der Waals surface area contributed by atoms with Crippen LogP contribution in [0.2, 0.25) is 0 Å². The van der Waals surface area contributed by atoms with Crippen LogP contribution in [0.1, 0.15) is 37.4 Å². The lowest BCUT2D eigenvalue weighted by molar-refractivity contribution is -0.162. The summed E-state index contributed by atoms with van der Waals surface area (Å²) >= 11 is 0. The molecule has 1 aromatic carbocycles. The highest BCUT2D eigenvalue weighted by Crippen LogP contribution is 2.55. The molecule has 25 heavy (non-hydrogen) atoms. The molecule has 4 bridgehead atoms. The van der Waals surface area contributed by atoms with Crippen molar-refractivity contribution < 1.29 is 9.53 Å². The van der Waals surface area contributed by atoms with Crippen molar-refractivity contribution >= 4 is 16.9 Å². The summed E-state index contributed by atoms with van der Waals surface area (Å²) in [5, 5.41) is 1.28. The number of fused-ring (bicyclic) bond motifs is 4. The molecule has 0 spiro atoms. The lowest BCUT2D eigenvalue weighted by atomic mass is 9.56. The number of aromatic nitrogens is 1. The summed E-state index contributed by atoms with van der Waals surface area (Å²) in [5.41, 5.74) is 3.11. The lowest BCUT2D eigenvalue weighted by Crippen LogP contribution is -2.67. The van der Waals surface area contributed by atoms with Crippen molar-refractivity contribution in [1.29, 1.82) is 0 Å². The first kappa shape index (κ1) is 15.4. The van der Waals surface area contributed by atoms with Crippen molar-refractivity contribution in [2.45, 2.75) is 44.1 Å². The zero-order valence-corrected chi connectivity index (χ0v) is 15.0. The maximum atomic E-state index is 13.3. The number of carbonyl (C=O) groups is 1. The van der Waals surface area contributed by atoms with E-state index in [-0.39, 0.29) is 12.0 Å². The van der Waals surface area contributed by atoms with Crippen LogP contribution in [0.3, 0.4) is 0 Å². The van der Waals surface area contributed by atoms with E-state index in [0.29, 0.717) is 11.8 Å². The predicted molar refractivity (Wildman–Crippen MR) is 97.6 cm³/mol. The van der Waals surface area contributed by atoms with Crippen molar-refractivity contribution in [1.82, 2.24) is 9.88 Å². The van der Waals surface area contributed by atoms with Crippen LogP contribution in [0.4, 0.5) is 0 Å². The van der Waals surface area contributed by atoms with E-state index < -0.39 is 5.41 Å². The van der Waals surface area contributed by atoms with Gasteiger partial charge in [0, 0.05) is 35.7 Å². The van der Waals surface area contributed by atoms with Crippen LogP contribution in [-0.2, 0) is 21.4 Å². The minimum Gasteiger partial charge on any atom is -0.468 e. The molecule has 4 heterocycles. The first-order valence-corrected chi connectivity index (χ1v) is 9.61. The molecule has 0 amide bonds. The number of carbonyl (C=O) groups excluding carboxylic acids is 1. The number of esters is 1. The second-order valence-electron chi connectivity index (χ2n) is 8.15. The molecule has 4 aliphatic rings. The molecule has 3 fully saturated rings. The Kier molecular flexibility index (Phi) is 3.30. The van der Waals surface area contributed by atoms with E-state index in [1.165, 1.54) is 17.4 Å². The van der Waals surface area contributed by atoms with Gasteiger partial charge in [-0.05, 0) is 42.7 Å². The minimum atomic E-state index is -0.526. The number of methoxy groups -OCH3 is 1. The SMILES string of the molecule is CC[C@H]1CC2CN3CCc4c([nH]c5ccccc45)[C@](C(=O)OC)(C2)C13. The fraction of sp³-hybridized carbons (Fsp3) is 0.571. The third-order valence-electron chi connectivity index (χ3n) is 7.07. The Balaban J connectivity index is 1.81. The topological polar surface area (TPSA) is 45.3 Å². The number of hydrogen-bond donors (Lipinski definition) is 1. The minimum absolute atomic E-state index is 0.0416. The molecular weight excluding hydrogens is 312 g/mol. The number of hydrogen-bond acceptors (Lipinski definition) is 3. The van der Waals surface area contributed by atoms with E-state index in [9.17, 15) is 4.79 Å². The third-order valence-corrected chi connectivity index (χ3v) is 7.07. The van der Waals surface area contributed by atoms with Gasteiger partial charge in [-0.1, -0.05) is 31.5 Å². The van der Waals surface area contributed by atoms with Crippen LogP contribution in [-0.4, -0.2) is 42.1 Å². The van der Waals surface area contributed by atoms with E-state index in [0.717, 1.165) is 43.6 Å². The average Bonchev–Trinajstić information content (AvgIpc) is 3.00. The van der Waals surface area contributed by atoms with E-state index in [2.05, 4.69) is 41.1 Å². The Morgan fingerprint density at radius 2 is 2.24 bits per heavy atom. The first-order valence-electron chi connectivity index (χ1n) is 9.61. The molecule has 1 saturated carbocycles. The zero-order chi connectivity index (χ0) is 17.2. The van der Waals surface area contributed by atoms with Crippen molar-refractivity contribution in [2.24, 2.45) is 11.8 Å². The number of piperidine rings is 2. The van der Waals surface area contributed by atoms with E-state index in [1.807, 2.05) is 0 Å². The molecule has 4 nitrogen and oxygen atoms in total. The van der Waals surface area contributed by atoms with Crippen molar-refractivity contribution in [2.75, 3.05) is 20.2 Å². The predicted octanol–water partition coefficient (Wildman–Crippen LogP) is 3.26. The van der Waals surface area contributed by atoms with E-state index in [4.69, 9.17) is 4.74 Å². The fourth-order valence-corrected chi connectivity index (χ4v) is 6.27. The number of aromatic amines is 1. The van der Waals surface area contributed by atoms with Gasteiger partial charge in [-0.2, -0.15) is 0 Å². The van der Waals surface area contributed by atoms with Crippen molar-refractivity contribution in [3.05, 3.63) is 35.5 Å². The summed E-state index contributed by atoms with van der Waals surface area (Å²) < 4.78 is 5.43. The number of rotatable bonds is 2. The van der Waals surface area contributed by atoms with Crippen LogP contribution < -0.4 is 0 Å². The van der Waals surface area contributed by atoms with Crippen molar-refractivity contribution in [3.8, 4) is 0 Å². The van der Waals surface area contributed by atoms with Crippen LogP contribution in [0.15, 0.2) is 24.3 Å². The van der Waals surface area contributed by atoms with Gasteiger partial charge in [-0.3, -0.25) is 9.69 Å². The maximum absolute atomic E-state index is 13.3. The molecule has 1 aromatic heterocycles. The summed E-state index contributed by atoms with van der Waals surface area (Å²) in [6.45, 7) is 4.46. The normalized spacial score (nSPS) is 36.1. The molecule has 3 aliphatic heterocycles. The first-order chi connectivity index (χ1) is 12.2. The van der Waals surface area contributed by atoms with E-state index >= 15 is 0 Å². The zero-order valence-electron chi connectivity index (χ0n) is 15.0. The lowest BCUT2D eigenvalue weighted by Gasteiger charge is -2.57. The largest absolute Gasteiger partial charge is 0.468 e. The van der Waals surface area contributed by atoms with Crippen LogP contribution >= 0.6 is 0 Å². The Morgan fingerprint density at radius 1 is 1.40 bits per heavy atom. The molecule has 1 aliphatic carbocycles. The highest BCUT2D eigenvalue weighted by atomic mass is 16.5. The monoisotopic (exact) mass is 338 g/mol. The number of ether oxygens (including phenoxy) is 1. The molecule has 3 unspecified atom stereocenters. The highest BCUT2D eigenvalue weighted by Gasteiger charge is 2.62. The Morgan fingerprint density at radius 3 is 3.04 bits per heavy atom. The molecule has 4 heteroatoms. The number of nitrogens with zero attached hydrogens (tertiary/aromatic N) is 1. The van der Waals surface area contributed by atoms with Crippen molar-refractivity contribution in [3.63, 3.8) is 0 Å². The number of benzene rings is 1. The summed E-state index contributed by atoms with van der Waals surface area (Å²) in [6.07, 6.45) is 4.33. The van der Waals surface area contributed by atoms with Gasteiger partial charge >= 0.3 is 5.97 Å². The molecule has 1 N–H and O–H groups in total. The van der Waals surface area contributed by atoms with Gasteiger partial charge in [0.2, 0.25) is 0 Å². The molecule has 6 rings (SSSR count). The van der Waals surface area contributed by atoms with Gasteiger partial charge in [0.15, 0.2) is 0 Å². The number of nitrogens with one attached hydrogen (secondary N) is 1. The van der Waals surface area contributed by atoms with Crippen LogP contribution in [0, 0.1) is 11.8 Å². The number of para-hydroxylation sites is 1. The third kappa shape index (κ3) is 1.89. The van der Waals surface area contributed by atoms with Crippen LogP contribution in [0.25, 0.3) is 10.9 Å². The second-order valence-corrected chi connectivity index (χ2v) is 8.15. The molecular formula is C21H26N2O2. The summed E-state index contributed by atoms with van der Waals surface area (Å²) in [5.74, 6) is 1.12. The quantitative estimate of drug-likeness (QED) is 0.855. The van der Waals surface area contributed by atoms with Gasteiger partial charge in [0.05, 0.1) is 7.11 Å². The fourth-order valence-electron chi connectivity index (χ4n) is 6.27. The molecule has 2 saturated heterocycles. The van der Waals surface area contributed by atoms with Gasteiger partial charge in [-0.15, -0.1) is 0 Å². The standard InChI is InChI=1S/C21H26N2O2/c1-3-14-10-13-11-21(20(24)25-2)18-16(8-9-23(12-13)19(14)21)15-6-4-5-7-17(15)22-18/h4-7,13-14,19,22H,3,8-12H2,1-2H3/t13?,14-,19?,21+/m0/s1. The highest BCUT2D eigenvalue weighted by molar-refractivity contribution is 5.91. The average molecular weight is 338 g/mol. The summed E-state index contributed by atoms with van der Waals surface area (Å²) in [7, 11) is 1.55. The van der Waals surface area contributed by atoms with Gasteiger partial charge < -0.3 is 9.72 Å². The van der Waals surface area contributed by atoms with E-state index in [1.54, 1.807) is 7.11 Å². The Labute approximate surface area is 148 Å². The smallest absolute Gasteiger partial charge is 0.319 e. The summed E-state index contributed by atoms with van der Waals surface area (Å²) in [6, 6.07) is 8.75. The number of H-pyrrole nitrogens is 1. The molecule has 2 aromatic rings. The van der Waals surface area contributed by atoms with Gasteiger partial charge in [-0.25, -0.2) is 0 Å². The summed E-state index contributed by atoms with van der Waals surface area (Å²) in [4.78, 5) is 19.5. The van der Waals surface area contributed by atoms with Gasteiger partial charge in [0.25, 0.3) is 0 Å².